The van der Waals surface area contributed by atoms with Crippen LogP contribution in [0.5, 0.6) is 0 Å². The molecule has 0 radical (unpaired) electrons. The zero-order chi connectivity index (χ0) is 12.1. The highest BCUT2D eigenvalue weighted by Crippen LogP contribution is 2.07. The largest absolute Gasteiger partial charge is 0.419 e. The predicted octanol–water partition coefficient (Wildman–Crippen LogP) is 4.00. The summed E-state index contributed by atoms with van der Waals surface area (Å²) in [5.41, 5.74) is 0. The number of carbonyl (C=O) groups excluding carboxylic acids is 1. The Morgan fingerprint density at radius 2 is 1.69 bits per heavy atom. The molecular weight excluding hydrogens is 202 g/mol. The lowest BCUT2D eigenvalue weighted by Gasteiger charge is -2.03. The zero-order valence-electron chi connectivity index (χ0n) is 10.5. The van der Waals surface area contributed by atoms with Crippen LogP contribution in [0.1, 0.15) is 58.3 Å². The summed E-state index contributed by atoms with van der Waals surface area (Å²) in [4.78, 5) is 10.8. The van der Waals surface area contributed by atoms with E-state index in [1.165, 1.54) is 44.9 Å². The lowest BCUT2D eigenvalue weighted by Crippen LogP contribution is -2.23. The normalized spacial score (nSPS) is 9.81. The number of carbonyl (C=O) groups is 1. The second-order valence-electron chi connectivity index (χ2n) is 3.97. The number of rotatable bonds is 10. The number of hydrogen-bond donors (Lipinski definition) is 1. The minimum Gasteiger partial charge on any atom is -0.419 e. The molecule has 0 spiro atoms. The lowest BCUT2D eigenvalue weighted by atomic mass is 10.1. The molecule has 1 N–H and O–H groups in total. The van der Waals surface area contributed by atoms with Gasteiger partial charge in [0.05, 0.1) is 6.26 Å². The molecule has 0 aromatic rings. The van der Waals surface area contributed by atoms with Crippen molar-refractivity contribution in [3.63, 3.8) is 0 Å². The first-order valence-corrected chi connectivity index (χ1v) is 6.36. The number of unbranched alkanes of at least 4 members (excludes halogenated alkanes) is 7. The monoisotopic (exact) mass is 227 g/mol. The summed E-state index contributed by atoms with van der Waals surface area (Å²) in [5.74, 6) is 0. The molecule has 3 heteroatoms. The third-order valence-electron chi connectivity index (χ3n) is 2.49. The second kappa shape index (κ2) is 12.1. The van der Waals surface area contributed by atoms with Crippen molar-refractivity contribution in [3.05, 3.63) is 12.8 Å². The Labute approximate surface area is 99.3 Å². The van der Waals surface area contributed by atoms with Gasteiger partial charge in [0.15, 0.2) is 0 Å². The van der Waals surface area contributed by atoms with E-state index in [4.69, 9.17) is 0 Å². The fraction of sp³-hybridized carbons (Fsp3) is 0.769. The summed E-state index contributed by atoms with van der Waals surface area (Å²) < 4.78 is 4.53. The SMILES string of the molecule is C=COC(=O)NCCCCCCCCCC. The molecule has 0 aromatic heterocycles. The van der Waals surface area contributed by atoms with Crippen LogP contribution in [0.2, 0.25) is 0 Å². The van der Waals surface area contributed by atoms with Crippen LogP contribution in [-0.2, 0) is 4.74 Å². The highest BCUT2D eigenvalue weighted by atomic mass is 16.5. The zero-order valence-corrected chi connectivity index (χ0v) is 10.5. The van der Waals surface area contributed by atoms with Gasteiger partial charge in [-0.3, -0.25) is 0 Å². The van der Waals surface area contributed by atoms with Gasteiger partial charge in [-0.05, 0) is 6.42 Å². The van der Waals surface area contributed by atoms with E-state index < -0.39 is 6.09 Å². The molecule has 3 nitrogen and oxygen atoms in total. The molecule has 16 heavy (non-hydrogen) atoms. The van der Waals surface area contributed by atoms with Crippen molar-refractivity contribution in [3.8, 4) is 0 Å². The van der Waals surface area contributed by atoms with Crippen molar-refractivity contribution in [2.24, 2.45) is 0 Å². The van der Waals surface area contributed by atoms with Gasteiger partial charge in [0.1, 0.15) is 0 Å². The summed E-state index contributed by atoms with van der Waals surface area (Å²) >= 11 is 0. The molecule has 0 aromatic carbocycles. The summed E-state index contributed by atoms with van der Waals surface area (Å²) in [6.45, 7) is 6.24. The number of nitrogens with one attached hydrogen (secondary N) is 1. The lowest BCUT2D eigenvalue weighted by molar-refractivity contribution is 0.185. The maximum absolute atomic E-state index is 10.8. The summed E-state index contributed by atoms with van der Waals surface area (Å²) in [6.07, 6.45) is 10.9. The van der Waals surface area contributed by atoms with E-state index in [9.17, 15) is 4.79 Å². The number of amides is 1. The third-order valence-corrected chi connectivity index (χ3v) is 2.49. The maximum atomic E-state index is 10.8. The van der Waals surface area contributed by atoms with Crippen molar-refractivity contribution < 1.29 is 9.53 Å². The van der Waals surface area contributed by atoms with Gasteiger partial charge in [0.2, 0.25) is 0 Å². The van der Waals surface area contributed by atoms with Gasteiger partial charge in [-0.2, -0.15) is 0 Å². The van der Waals surface area contributed by atoms with Crippen LogP contribution in [0.3, 0.4) is 0 Å². The Hall–Kier alpha value is -0.990. The average Bonchev–Trinajstić information content (AvgIpc) is 2.27. The van der Waals surface area contributed by atoms with Crippen molar-refractivity contribution >= 4 is 6.09 Å². The molecule has 0 atom stereocenters. The molecule has 0 unspecified atom stereocenters. The molecule has 0 saturated carbocycles. The first kappa shape index (κ1) is 15.0. The quantitative estimate of drug-likeness (QED) is 0.452. The third kappa shape index (κ3) is 11.1. The van der Waals surface area contributed by atoms with Gasteiger partial charge in [0.25, 0.3) is 0 Å². The van der Waals surface area contributed by atoms with E-state index in [1.807, 2.05) is 0 Å². The van der Waals surface area contributed by atoms with Gasteiger partial charge >= 0.3 is 6.09 Å². The molecular formula is C13H25NO2. The van der Waals surface area contributed by atoms with Crippen LogP contribution in [0.25, 0.3) is 0 Å². The summed E-state index contributed by atoms with van der Waals surface area (Å²) in [6, 6.07) is 0. The van der Waals surface area contributed by atoms with Gasteiger partial charge < -0.3 is 10.1 Å². The minimum atomic E-state index is -0.405. The Bertz CT molecular complexity index is 181. The molecule has 94 valence electrons. The molecule has 1 amide bonds. The topological polar surface area (TPSA) is 38.3 Å². The molecule has 0 aliphatic carbocycles. The van der Waals surface area contributed by atoms with Crippen molar-refractivity contribution in [2.75, 3.05) is 6.54 Å². The molecule has 0 aliphatic rings. The minimum absolute atomic E-state index is 0.405. The summed E-state index contributed by atoms with van der Waals surface area (Å²) in [5, 5.41) is 2.66. The van der Waals surface area contributed by atoms with Gasteiger partial charge in [0, 0.05) is 6.54 Å². The molecule has 0 aliphatic heterocycles. The maximum Gasteiger partial charge on any atom is 0.411 e. The highest BCUT2D eigenvalue weighted by molar-refractivity contribution is 5.67. The van der Waals surface area contributed by atoms with Crippen LogP contribution >= 0.6 is 0 Å². The van der Waals surface area contributed by atoms with Crippen LogP contribution in [-0.4, -0.2) is 12.6 Å². The molecule has 0 rings (SSSR count). The van der Waals surface area contributed by atoms with Crippen molar-refractivity contribution in [1.82, 2.24) is 5.32 Å². The van der Waals surface area contributed by atoms with Crippen molar-refractivity contribution in [1.29, 1.82) is 0 Å². The van der Waals surface area contributed by atoms with Crippen molar-refractivity contribution in [2.45, 2.75) is 58.3 Å². The van der Waals surface area contributed by atoms with E-state index in [1.54, 1.807) is 0 Å². The van der Waals surface area contributed by atoms with E-state index in [-0.39, 0.29) is 0 Å². The van der Waals surface area contributed by atoms with E-state index in [0.717, 1.165) is 12.7 Å². The first-order valence-electron chi connectivity index (χ1n) is 6.36. The second-order valence-corrected chi connectivity index (χ2v) is 3.97. The Morgan fingerprint density at radius 1 is 1.12 bits per heavy atom. The number of alkyl carbamates (subject to hydrolysis) is 1. The van der Waals surface area contributed by atoms with Crippen LogP contribution in [0.4, 0.5) is 4.79 Å². The van der Waals surface area contributed by atoms with Crippen LogP contribution in [0.15, 0.2) is 12.8 Å². The van der Waals surface area contributed by atoms with E-state index in [0.29, 0.717) is 6.54 Å². The van der Waals surface area contributed by atoms with Gasteiger partial charge in [-0.15, -0.1) is 0 Å². The molecule has 0 bridgehead atoms. The Kier molecular flexibility index (Phi) is 11.3. The van der Waals surface area contributed by atoms with Crippen LogP contribution < -0.4 is 5.32 Å². The fourth-order valence-electron chi connectivity index (χ4n) is 1.57. The smallest absolute Gasteiger partial charge is 0.411 e. The van der Waals surface area contributed by atoms with Gasteiger partial charge in [-0.1, -0.05) is 58.4 Å². The van der Waals surface area contributed by atoms with Gasteiger partial charge in [-0.25, -0.2) is 4.79 Å². The first-order chi connectivity index (χ1) is 7.81. The molecule has 0 saturated heterocycles. The van der Waals surface area contributed by atoms with E-state index >= 15 is 0 Å². The highest BCUT2D eigenvalue weighted by Gasteiger charge is 1.97. The fourth-order valence-corrected chi connectivity index (χ4v) is 1.57. The Morgan fingerprint density at radius 3 is 2.25 bits per heavy atom. The number of hydrogen-bond acceptors (Lipinski definition) is 2. The summed E-state index contributed by atoms with van der Waals surface area (Å²) in [7, 11) is 0. The average molecular weight is 227 g/mol. The number of ether oxygens (including phenoxy) is 1. The van der Waals surface area contributed by atoms with Crippen LogP contribution in [0, 0.1) is 0 Å². The molecule has 0 fully saturated rings. The molecule has 0 heterocycles. The van der Waals surface area contributed by atoms with E-state index in [2.05, 4.69) is 23.6 Å². The predicted molar refractivity (Wildman–Crippen MR) is 67.3 cm³/mol. The standard InChI is InChI=1S/C13H25NO2/c1-3-5-6-7-8-9-10-11-12-14-13(15)16-4-2/h4H,2-3,5-12H2,1H3,(H,14,15). The Balaban J connectivity index is 3.03.